The van der Waals surface area contributed by atoms with Gasteiger partial charge in [-0.2, -0.15) is 0 Å². The van der Waals surface area contributed by atoms with Crippen molar-refractivity contribution in [2.45, 2.75) is 118 Å². The summed E-state index contributed by atoms with van der Waals surface area (Å²) < 4.78 is 0. The number of nitrogens with zero attached hydrogens (tertiary/aromatic N) is 1. The number of carbonyl (C=O) groups excluding carboxylic acids is 1. The Kier molecular flexibility index (Phi) is 11.1. The van der Waals surface area contributed by atoms with E-state index in [4.69, 9.17) is 10.1 Å². The average Bonchev–Trinajstić information content (AvgIpc) is 2.96. The Balaban J connectivity index is 0.000000519. The number of ketones is 1. The zero-order valence-electron chi connectivity index (χ0n) is 28.3. The quantitative estimate of drug-likeness (QED) is 0.128. The number of hydrogen-bond donors (Lipinski definition) is 1. The van der Waals surface area contributed by atoms with Gasteiger partial charge in [-0.05, 0) is 106 Å². The van der Waals surface area contributed by atoms with Gasteiger partial charge in [0.05, 0.1) is 11.3 Å². The maximum absolute atomic E-state index is 10.0. The van der Waals surface area contributed by atoms with Gasteiger partial charge in [0, 0.05) is 37.3 Å². The van der Waals surface area contributed by atoms with E-state index in [9.17, 15) is 4.79 Å². The third-order valence-corrected chi connectivity index (χ3v) is 9.95. The average molecular weight is 781 g/mol. The van der Waals surface area contributed by atoms with Crippen LogP contribution in [0.1, 0.15) is 121 Å². The Morgan fingerprint density at radius 1 is 0.956 bits per heavy atom. The van der Waals surface area contributed by atoms with Crippen molar-refractivity contribution < 1.29 is 30.0 Å². The number of rotatable bonds is 3. The molecule has 3 nitrogen and oxygen atoms in total. The Hall–Kier alpha value is -2.81. The van der Waals surface area contributed by atoms with Crippen LogP contribution in [0.4, 0.5) is 0 Å². The molecular weight excluding hydrogens is 731 g/mol. The van der Waals surface area contributed by atoms with E-state index < -0.39 is 0 Å². The first-order valence-electron chi connectivity index (χ1n) is 16.6. The van der Waals surface area contributed by atoms with Crippen LogP contribution in [-0.2, 0) is 30.3 Å². The van der Waals surface area contributed by atoms with Crippen LogP contribution in [-0.4, -0.2) is 15.9 Å². The number of aliphatic hydroxyl groups excluding tert-OH is 1. The minimum atomic E-state index is -0.125. The minimum absolute atomic E-state index is 0. The zero-order chi connectivity index (χ0) is 31.6. The van der Waals surface area contributed by atoms with Crippen molar-refractivity contribution in [1.82, 2.24) is 4.98 Å². The van der Waals surface area contributed by atoms with Crippen LogP contribution in [0.5, 0.6) is 0 Å². The molecule has 6 rings (SSSR count). The molecule has 1 radical (unpaired) electrons. The summed E-state index contributed by atoms with van der Waals surface area (Å²) in [4.78, 5) is 15.3. The molecule has 0 saturated heterocycles. The third kappa shape index (κ3) is 8.13. The van der Waals surface area contributed by atoms with E-state index in [0.717, 1.165) is 16.8 Å². The van der Waals surface area contributed by atoms with Gasteiger partial charge in [-0.1, -0.05) is 81.3 Å². The molecule has 4 heteroatoms. The van der Waals surface area contributed by atoms with Crippen molar-refractivity contribution in [3.8, 4) is 11.3 Å². The van der Waals surface area contributed by atoms with Crippen molar-refractivity contribution in [2.24, 2.45) is 5.41 Å². The number of benzene rings is 3. The molecule has 1 N–H and O–H groups in total. The zero-order valence-corrected chi connectivity index (χ0v) is 30.7. The van der Waals surface area contributed by atoms with Gasteiger partial charge in [0.2, 0.25) is 0 Å². The molecule has 1 aromatic heterocycles. The number of aryl methyl sites for hydroxylation is 2. The molecule has 0 aliphatic heterocycles. The summed E-state index contributed by atoms with van der Waals surface area (Å²) in [6, 6.07) is 21.9. The van der Waals surface area contributed by atoms with Crippen LogP contribution in [0.15, 0.2) is 60.4 Å². The first-order valence-corrected chi connectivity index (χ1v) is 16.6. The smallest absolute Gasteiger partial charge is 0.155 e. The summed E-state index contributed by atoms with van der Waals surface area (Å²) in [5.74, 6) is 0.563. The molecule has 4 aromatic rings. The van der Waals surface area contributed by atoms with E-state index in [-0.39, 0.29) is 37.1 Å². The van der Waals surface area contributed by atoms with E-state index in [1.165, 1.54) is 116 Å². The fourth-order valence-corrected chi connectivity index (χ4v) is 7.88. The van der Waals surface area contributed by atoms with Crippen LogP contribution in [0, 0.1) is 25.3 Å². The first kappa shape index (κ1) is 35.1. The van der Waals surface area contributed by atoms with Crippen molar-refractivity contribution in [3.63, 3.8) is 0 Å². The molecule has 0 bridgehead atoms. The number of aliphatic hydroxyl groups is 1. The maximum Gasteiger partial charge on any atom is 0.155 e. The molecule has 1 heterocycles. The number of aromatic nitrogens is 1. The normalized spacial score (nSPS) is 17.1. The SMILES string of the molecule is CC(=O)/C=C(/C)O.Cc1cc(C)c2c(C3CCC4(CCCCC4)CC3)cc(-c3[c-]c4ccccc4c(C(C)(C)C)c3)nc2c1.[Ir]. The second kappa shape index (κ2) is 14.3. The van der Waals surface area contributed by atoms with Crippen LogP contribution in [0.2, 0.25) is 0 Å². The van der Waals surface area contributed by atoms with Crippen LogP contribution in [0.3, 0.4) is 0 Å². The molecule has 2 fully saturated rings. The largest absolute Gasteiger partial charge is 0.512 e. The van der Waals surface area contributed by atoms with Gasteiger partial charge in [0.15, 0.2) is 5.78 Å². The van der Waals surface area contributed by atoms with Crippen molar-refractivity contribution >= 4 is 27.5 Å². The second-order valence-corrected chi connectivity index (χ2v) is 14.7. The van der Waals surface area contributed by atoms with Gasteiger partial charge in [0.25, 0.3) is 0 Å². The van der Waals surface area contributed by atoms with E-state index in [1.807, 2.05) is 0 Å². The Morgan fingerprint density at radius 3 is 2.22 bits per heavy atom. The summed E-state index contributed by atoms with van der Waals surface area (Å²) >= 11 is 0. The Morgan fingerprint density at radius 2 is 1.62 bits per heavy atom. The molecule has 1 spiro atoms. The van der Waals surface area contributed by atoms with Crippen LogP contribution in [0.25, 0.3) is 32.9 Å². The van der Waals surface area contributed by atoms with Gasteiger partial charge in [-0.15, -0.1) is 29.1 Å². The summed E-state index contributed by atoms with van der Waals surface area (Å²) in [6.45, 7) is 14.3. The number of carbonyl (C=O) groups is 1. The first-order chi connectivity index (χ1) is 20.8. The molecular formula is C41H50IrNO2-. The number of fused-ring (bicyclic) bond motifs is 2. The molecule has 45 heavy (non-hydrogen) atoms. The predicted molar refractivity (Wildman–Crippen MR) is 185 cm³/mol. The molecule has 0 amide bonds. The molecule has 2 aliphatic carbocycles. The summed E-state index contributed by atoms with van der Waals surface area (Å²) in [7, 11) is 0. The van der Waals surface area contributed by atoms with E-state index in [2.05, 4.69) is 89.2 Å². The van der Waals surface area contributed by atoms with E-state index >= 15 is 0 Å². The predicted octanol–water partition coefficient (Wildman–Crippen LogP) is 11.4. The number of pyridine rings is 1. The Bertz CT molecular complexity index is 1690. The van der Waals surface area contributed by atoms with Crippen LogP contribution >= 0.6 is 0 Å². The summed E-state index contributed by atoms with van der Waals surface area (Å²) in [5.41, 5.74) is 9.63. The molecule has 3 aromatic carbocycles. The fourth-order valence-electron chi connectivity index (χ4n) is 7.88. The van der Waals surface area contributed by atoms with Crippen molar-refractivity contribution in [2.75, 3.05) is 0 Å². The van der Waals surface area contributed by atoms with Gasteiger partial charge < -0.3 is 5.11 Å². The third-order valence-electron chi connectivity index (χ3n) is 9.95. The van der Waals surface area contributed by atoms with Crippen molar-refractivity contribution in [1.29, 1.82) is 0 Å². The van der Waals surface area contributed by atoms with E-state index in [1.54, 1.807) is 0 Å². The molecule has 241 valence electrons. The summed E-state index contributed by atoms with van der Waals surface area (Å²) in [6.07, 6.45) is 13.9. The van der Waals surface area contributed by atoms with Gasteiger partial charge in [-0.3, -0.25) is 9.78 Å². The fraction of sp³-hybridized carbons (Fsp3) is 0.463. The van der Waals surface area contributed by atoms with Crippen molar-refractivity contribution in [3.05, 3.63) is 88.7 Å². The Labute approximate surface area is 284 Å². The van der Waals surface area contributed by atoms with Crippen LogP contribution < -0.4 is 0 Å². The topological polar surface area (TPSA) is 50.2 Å². The van der Waals surface area contributed by atoms with Gasteiger partial charge in [0.1, 0.15) is 0 Å². The second-order valence-electron chi connectivity index (χ2n) is 14.7. The number of hydrogen-bond acceptors (Lipinski definition) is 3. The molecule has 2 aliphatic rings. The van der Waals surface area contributed by atoms with Gasteiger partial charge >= 0.3 is 0 Å². The minimum Gasteiger partial charge on any atom is -0.512 e. The maximum atomic E-state index is 10.0. The molecule has 2 saturated carbocycles. The summed E-state index contributed by atoms with van der Waals surface area (Å²) in [5, 5.41) is 12.3. The molecule has 0 unspecified atom stereocenters. The monoisotopic (exact) mass is 781 g/mol. The van der Waals surface area contributed by atoms with Gasteiger partial charge in [-0.25, -0.2) is 0 Å². The standard InChI is InChI=1S/C36H42N.C5H8O2.Ir/c1-24-19-25(2)34-30(26-13-17-36(18-14-26)15-9-6-10-16-36)23-32(37-33(34)20-24)28-21-27-11-7-8-12-29(27)31(22-28)35(3,4)5;1-4(6)3-5(2)7;/h7-8,11-12,19-20,22-23,26H,6,9-10,13-18H2,1-5H3;3,6H,1-2H3;/q-1;;/b;4-3-;. The molecule has 0 atom stereocenters. The number of allylic oxidation sites excluding steroid dienone is 2. The van der Waals surface area contributed by atoms with E-state index in [0.29, 0.717) is 11.3 Å².